The number of Topliss-reactive ketones (excluding diaryl/α,β-unsaturated/α-hetero) is 1. The number of rotatable bonds is 9. The maximum absolute atomic E-state index is 12.6. The number of ketones is 1. The van der Waals surface area contributed by atoms with Crippen molar-refractivity contribution in [2.24, 2.45) is 0 Å². The van der Waals surface area contributed by atoms with Crippen LogP contribution in [-0.4, -0.2) is 25.2 Å². The Hall–Kier alpha value is -0.960. The minimum atomic E-state index is -3.15. The Balaban J connectivity index is 2.93. The Morgan fingerprint density at radius 3 is 2.15 bits per heavy atom. The van der Waals surface area contributed by atoms with Crippen molar-refractivity contribution in [1.29, 1.82) is 0 Å². The second-order valence-corrected chi connectivity index (χ2v) is 6.75. The highest BCUT2D eigenvalue weighted by Gasteiger charge is 2.29. The van der Waals surface area contributed by atoms with E-state index in [-0.39, 0.29) is 17.9 Å². The van der Waals surface area contributed by atoms with Crippen molar-refractivity contribution in [3.8, 4) is 0 Å². The van der Waals surface area contributed by atoms with Crippen molar-refractivity contribution in [2.75, 3.05) is 19.4 Å². The zero-order chi connectivity index (χ0) is 15.0. The molecule has 20 heavy (non-hydrogen) atoms. The number of hydrogen-bond donors (Lipinski definition) is 0. The highest BCUT2D eigenvalue weighted by Crippen LogP contribution is 2.51. The van der Waals surface area contributed by atoms with Crippen molar-refractivity contribution in [3.05, 3.63) is 35.9 Å². The van der Waals surface area contributed by atoms with E-state index >= 15 is 0 Å². The number of carbonyl (C=O) groups excluding carboxylic acids is 1. The van der Waals surface area contributed by atoms with E-state index in [1.54, 1.807) is 20.8 Å². The molecular formula is C15H23O4P. The molecule has 5 heteroatoms. The van der Waals surface area contributed by atoms with Crippen LogP contribution in [0.5, 0.6) is 0 Å². The molecule has 0 spiro atoms. The van der Waals surface area contributed by atoms with Crippen LogP contribution in [0.4, 0.5) is 0 Å². The molecular weight excluding hydrogens is 275 g/mol. The van der Waals surface area contributed by atoms with E-state index in [0.29, 0.717) is 19.6 Å². The third-order valence-electron chi connectivity index (χ3n) is 2.90. The molecule has 0 bridgehead atoms. The van der Waals surface area contributed by atoms with Gasteiger partial charge in [0.1, 0.15) is 5.78 Å². The molecule has 112 valence electrons. The van der Waals surface area contributed by atoms with Crippen LogP contribution in [0.15, 0.2) is 30.3 Å². The first-order valence-corrected chi connectivity index (χ1v) is 8.66. The largest absolute Gasteiger partial charge is 0.331 e. The van der Waals surface area contributed by atoms with E-state index in [4.69, 9.17) is 9.05 Å². The SMILES string of the molecule is CCOP(=O)(C[C@@H](CC(C)=O)c1ccccc1)OCC. The van der Waals surface area contributed by atoms with Crippen LogP contribution in [0.2, 0.25) is 0 Å². The number of hydrogen-bond acceptors (Lipinski definition) is 4. The van der Waals surface area contributed by atoms with Gasteiger partial charge in [0.15, 0.2) is 0 Å². The van der Waals surface area contributed by atoms with Gasteiger partial charge in [0.2, 0.25) is 0 Å². The van der Waals surface area contributed by atoms with E-state index in [9.17, 15) is 9.36 Å². The van der Waals surface area contributed by atoms with Crippen molar-refractivity contribution in [3.63, 3.8) is 0 Å². The molecule has 1 aromatic rings. The Labute approximate surface area is 121 Å². The quantitative estimate of drug-likeness (QED) is 0.646. The van der Waals surface area contributed by atoms with Crippen LogP contribution in [-0.2, 0) is 18.4 Å². The highest BCUT2D eigenvalue weighted by molar-refractivity contribution is 7.53. The molecule has 0 aliphatic heterocycles. The van der Waals surface area contributed by atoms with Crippen LogP contribution < -0.4 is 0 Å². The van der Waals surface area contributed by atoms with Gasteiger partial charge in [0.25, 0.3) is 0 Å². The molecule has 0 saturated heterocycles. The second-order valence-electron chi connectivity index (χ2n) is 4.64. The Bertz CT molecular complexity index is 448. The lowest BCUT2D eigenvalue weighted by Crippen LogP contribution is -2.12. The molecule has 0 heterocycles. The van der Waals surface area contributed by atoms with Gasteiger partial charge in [-0.15, -0.1) is 0 Å². The summed E-state index contributed by atoms with van der Waals surface area (Å²) in [6, 6.07) is 9.62. The summed E-state index contributed by atoms with van der Waals surface area (Å²) in [5, 5.41) is 0. The van der Waals surface area contributed by atoms with Crippen LogP contribution in [0, 0.1) is 0 Å². The third kappa shape index (κ3) is 5.58. The lowest BCUT2D eigenvalue weighted by atomic mass is 9.96. The normalized spacial score (nSPS) is 13.2. The summed E-state index contributed by atoms with van der Waals surface area (Å²) in [5.41, 5.74) is 0.988. The van der Waals surface area contributed by atoms with E-state index < -0.39 is 7.60 Å². The monoisotopic (exact) mass is 298 g/mol. The number of carbonyl (C=O) groups is 1. The minimum Gasteiger partial charge on any atom is -0.309 e. The summed E-state index contributed by atoms with van der Waals surface area (Å²) in [5.74, 6) is -0.0731. The average molecular weight is 298 g/mol. The average Bonchev–Trinajstić information content (AvgIpc) is 2.39. The first kappa shape index (κ1) is 17.1. The Morgan fingerprint density at radius 2 is 1.70 bits per heavy atom. The Morgan fingerprint density at radius 1 is 1.15 bits per heavy atom. The standard InChI is InChI=1S/C15H23O4P/c1-4-18-20(17,19-5-2)12-15(11-13(3)16)14-9-7-6-8-10-14/h6-10,15H,4-5,11-12H2,1-3H3/t15-/m1/s1. The first-order valence-electron chi connectivity index (χ1n) is 6.93. The molecule has 1 aromatic carbocycles. The van der Waals surface area contributed by atoms with Gasteiger partial charge in [0, 0.05) is 12.3 Å². The highest BCUT2D eigenvalue weighted by atomic mass is 31.2. The molecule has 0 aromatic heterocycles. The molecule has 0 radical (unpaired) electrons. The van der Waals surface area contributed by atoms with Crippen molar-refractivity contribution >= 4 is 13.4 Å². The molecule has 0 unspecified atom stereocenters. The molecule has 0 N–H and O–H groups in total. The maximum atomic E-state index is 12.6. The van der Waals surface area contributed by atoms with Crippen molar-refractivity contribution in [1.82, 2.24) is 0 Å². The van der Waals surface area contributed by atoms with E-state index in [1.165, 1.54) is 0 Å². The summed E-state index contributed by atoms with van der Waals surface area (Å²) in [6.45, 7) is 5.78. The second kappa shape index (κ2) is 8.35. The van der Waals surface area contributed by atoms with E-state index in [2.05, 4.69) is 0 Å². The van der Waals surface area contributed by atoms with Crippen LogP contribution in [0.1, 0.15) is 38.7 Å². The molecule has 0 aliphatic rings. The fraction of sp³-hybridized carbons (Fsp3) is 0.533. The van der Waals surface area contributed by atoms with Crippen LogP contribution >= 0.6 is 7.60 Å². The molecule has 1 atom stereocenters. The zero-order valence-corrected chi connectivity index (χ0v) is 13.3. The lowest BCUT2D eigenvalue weighted by molar-refractivity contribution is -0.117. The van der Waals surface area contributed by atoms with Gasteiger partial charge < -0.3 is 13.8 Å². The van der Waals surface area contributed by atoms with E-state index in [1.807, 2.05) is 30.3 Å². The maximum Gasteiger partial charge on any atom is 0.331 e. The summed E-state index contributed by atoms with van der Waals surface area (Å²) >= 11 is 0. The smallest absolute Gasteiger partial charge is 0.309 e. The van der Waals surface area contributed by atoms with Crippen molar-refractivity contribution in [2.45, 2.75) is 33.1 Å². The molecule has 0 saturated carbocycles. The first-order chi connectivity index (χ1) is 9.50. The minimum absolute atomic E-state index is 0.0680. The summed E-state index contributed by atoms with van der Waals surface area (Å²) < 4.78 is 23.3. The molecule has 0 aliphatic carbocycles. The summed E-state index contributed by atoms with van der Waals surface area (Å²) in [7, 11) is -3.15. The summed E-state index contributed by atoms with van der Waals surface area (Å²) in [6.07, 6.45) is 0.576. The van der Waals surface area contributed by atoms with Gasteiger partial charge in [0.05, 0.1) is 19.4 Å². The molecule has 0 fully saturated rings. The molecule has 0 amide bonds. The van der Waals surface area contributed by atoms with Crippen LogP contribution in [0.3, 0.4) is 0 Å². The van der Waals surface area contributed by atoms with Gasteiger partial charge in [-0.3, -0.25) is 4.57 Å². The fourth-order valence-corrected chi connectivity index (χ4v) is 4.12. The van der Waals surface area contributed by atoms with Gasteiger partial charge in [-0.2, -0.15) is 0 Å². The van der Waals surface area contributed by atoms with Gasteiger partial charge in [-0.1, -0.05) is 30.3 Å². The molecule has 4 nitrogen and oxygen atoms in total. The fourth-order valence-electron chi connectivity index (χ4n) is 2.17. The van der Waals surface area contributed by atoms with E-state index in [0.717, 1.165) is 5.56 Å². The number of benzene rings is 1. The topological polar surface area (TPSA) is 52.6 Å². The van der Waals surface area contributed by atoms with Gasteiger partial charge >= 0.3 is 7.60 Å². The van der Waals surface area contributed by atoms with Gasteiger partial charge in [-0.05, 0) is 26.3 Å². The molecule has 1 rings (SSSR count). The third-order valence-corrected chi connectivity index (χ3v) is 5.09. The van der Waals surface area contributed by atoms with Gasteiger partial charge in [-0.25, -0.2) is 0 Å². The lowest BCUT2D eigenvalue weighted by Gasteiger charge is -2.23. The summed E-state index contributed by atoms with van der Waals surface area (Å²) in [4.78, 5) is 11.5. The van der Waals surface area contributed by atoms with Crippen molar-refractivity contribution < 1.29 is 18.4 Å². The van der Waals surface area contributed by atoms with Crippen LogP contribution in [0.25, 0.3) is 0 Å². The predicted molar refractivity (Wildman–Crippen MR) is 80.2 cm³/mol. The zero-order valence-electron chi connectivity index (χ0n) is 12.4. The Kier molecular flexibility index (Phi) is 7.14. The predicted octanol–water partition coefficient (Wildman–Crippen LogP) is 4.02.